The molecule has 0 aromatic rings. The van der Waals surface area contributed by atoms with E-state index < -0.39 is 0 Å². The molecule has 1 aliphatic rings. The van der Waals surface area contributed by atoms with E-state index in [0.717, 1.165) is 39.1 Å². The van der Waals surface area contributed by atoms with Crippen LogP contribution in [-0.4, -0.2) is 60.5 Å². The molecule has 1 fully saturated rings. The minimum atomic E-state index is -0.139. The molecule has 1 heterocycles. The van der Waals surface area contributed by atoms with Gasteiger partial charge in [-0.3, -0.25) is 0 Å². The number of likely N-dealkylation sites (N-methyl/N-ethyl adjacent to an activating group) is 1. The zero-order chi connectivity index (χ0) is 15.7. The second-order valence-corrected chi connectivity index (χ2v) is 7.00. The summed E-state index contributed by atoms with van der Waals surface area (Å²) >= 11 is 0. The van der Waals surface area contributed by atoms with Gasteiger partial charge in [-0.25, -0.2) is 0 Å². The van der Waals surface area contributed by atoms with Gasteiger partial charge in [0.25, 0.3) is 0 Å². The predicted octanol–water partition coefficient (Wildman–Crippen LogP) is 2.41. The summed E-state index contributed by atoms with van der Waals surface area (Å²) in [5.41, 5.74) is -0.139. The first-order valence-corrected chi connectivity index (χ1v) is 8.71. The summed E-state index contributed by atoms with van der Waals surface area (Å²) < 4.78 is 5.72. The monoisotopic (exact) mass is 300 g/mol. The number of rotatable bonds is 11. The van der Waals surface area contributed by atoms with Crippen LogP contribution in [0.4, 0.5) is 0 Å². The number of hydrogen-bond acceptors (Lipinski definition) is 4. The van der Waals surface area contributed by atoms with Crippen molar-refractivity contribution in [1.29, 1.82) is 0 Å². The number of nitrogens with zero attached hydrogens (tertiary/aromatic N) is 1. The quantitative estimate of drug-likeness (QED) is 0.575. The predicted molar refractivity (Wildman–Crippen MR) is 88.7 cm³/mol. The van der Waals surface area contributed by atoms with Crippen LogP contribution in [0.3, 0.4) is 0 Å². The van der Waals surface area contributed by atoms with Crippen molar-refractivity contribution in [2.45, 2.75) is 77.5 Å². The van der Waals surface area contributed by atoms with Gasteiger partial charge in [-0.05, 0) is 45.7 Å². The number of hydrogen-bond donors (Lipinski definition) is 2. The number of nitrogens with one attached hydrogen (secondary N) is 1. The normalized spacial score (nSPS) is 22.1. The Morgan fingerprint density at radius 3 is 2.67 bits per heavy atom. The molecule has 2 N–H and O–H groups in total. The molecule has 0 amide bonds. The van der Waals surface area contributed by atoms with Crippen LogP contribution in [0.15, 0.2) is 0 Å². The van der Waals surface area contributed by atoms with Crippen molar-refractivity contribution in [3.8, 4) is 0 Å². The minimum Gasteiger partial charge on any atom is -0.394 e. The average molecular weight is 300 g/mol. The van der Waals surface area contributed by atoms with Gasteiger partial charge in [-0.15, -0.1) is 0 Å². The van der Waals surface area contributed by atoms with E-state index >= 15 is 0 Å². The van der Waals surface area contributed by atoms with Crippen molar-refractivity contribution >= 4 is 0 Å². The van der Waals surface area contributed by atoms with Crippen LogP contribution >= 0.6 is 0 Å². The molecule has 1 saturated heterocycles. The summed E-state index contributed by atoms with van der Waals surface area (Å²) in [6, 6.07) is 0.411. The molecule has 0 spiro atoms. The maximum absolute atomic E-state index is 9.59. The van der Waals surface area contributed by atoms with Gasteiger partial charge in [-0.2, -0.15) is 0 Å². The molecule has 1 aliphatic heterocycles. The first-order valence-electron chi connectivity index (χ1n) is 8.71. The van der Waals surface area contributed by atoms with Crippen molar-refractivity contribution in [1.82, 2.24) is 10.2 Å². The molecular formula is C17H36N2O2. The van der Waals surface area contributed by atoms with E-state index in [0.29, 0.717) is 12.1 Å². The topological polar surface area (TPSA) is 44.7 Å². The molecule has 126 valence electrons. The third kappa shape index (κ3) is 7.59. The highest BCUT2D eigenvalue weighted by Gasteiger charge is 2.23. The highest BCUT2D eigenvalue weighted by molar-refractivity contribution is 4.83. The van der Waals surface area contributed by atoms with Gasteiger partial charge in [0.05, 0.1) is 12.7 Å². The minimum absolute atomic E-state index is 0.139. The van der Waals surface area contributed by atoms with Gasteiger partial charge < -0.3 is 20.1 Å². The fraction of sp³-hybridized carbons (Fsp3) is 1.00. The van der Waals surface area contributed by atoms with Crippen LogP contribution in [0.25, 0.3) is 0 Å². The lowest BCUT2D eigenvalue weighted by atomic mass is 9.94. The van der Waals surface area contributed by atoms with E-state index in [1.54, 1.807) is 0 Å². The summed E-state index contributed by atoms with van der Waals surface area (Å²) in [5, 5.41) is 13.1. The molecule has 1 rings (SSSR count). The van der Waals surface area contributed by atoms with Gasteiger partial charge in [0.15, 0.2) is 0 Å². The zero-order valence-corrected chi connectivity index (χ0v) is 14.5. The number of unbranched alkanes of at least 4 members (excludes halogenated alkanes) is 1. The Hall–Kier alpha value is -0.160. The van der Waals surface area contributed by atoms with Crippen LogP contribution in [0.5, 0.6) is 0 Å². The van der Waals surface area contributed by atoms with Crippen LogP contribution in [0, 0.1) is 0 Å². The van der Waals surface area contributed by atoms with Crippen molar-refractivity contribution in [2.24, 2.45) is 0 Å². The molecule has 0 aromatic carbocycles. The van der Waals surface area contributed by atoms with E-state index in [1.165, 1.54) is 19.3 Å². The Morgan fingerprint density at radius 2 is 2.14 bits per heavy atom. The van der Waals surface area contributed by atoms with Gasteiger partial charge in [0.2, 0.25) is 0 Å². The molecule has 4 nitrogen and oxygen atoms in total. The van der Waals surface area contributed by atoms with E-state index in [9.17, 15) is 5.11 Å². The molecule has 21 heavy (non-hydrogen) atoms. The van der Waals surface area contributed by atoms with E-state index in [2.05, 4.69) is 37.9 Å². The highest BCUT2D eigenvalue weighted by atomic mass is 16.5. The maximum Gasteiger partial charge on any atom is 0.0702 e. The Morgan fingerprint density at radius 1 is 1.38 bits per heavy atom. The molecule has 2 atom stereocenters. The lowest BCUT2D eigenvalue weighted by molar-refractivity contribution is 0.0737. The molecule has 0 bridgehead atoms. The standard InChI is InChI=1S/C17H36N2O2/c1-5-19(13-16-9-8-12-21-16)11-7-6-10-17(4,14-20)18-15(2)3/h15-16,18,20H,5-14H2,1-4H3. The Balaban J connectivity index is 2.20. The summed E-state index contributed by atoms with van der Waals surface area (Å²) in [6.45, 7) is 13.1. The third-order valence-electron chi connectivity index (χ3n) is 4.37. The summed E-state index contributed by atoms with van der Waals surface area (Å²) in [6.07, 6.45) is 6.26. The van der Waals surface area contributed by atoms with Crippen LogP contribution < -0.4 is 5.32 Å². The Kier molecular flexibility index (Phi) is 8.79. The van der Waals surface area contributed by atoms with E-state index in [4.69, 9.17) is 4.74 Å². The molecule has 0 radical (unpaired) electrons. The Labute approximate surface area is 131 Å². The second-order valence-electron chi connectivity index (χ2n) is 7.00. The SMILES string of the molecule is CCN(CCCCC(C)(CO)NC(C)C)CC1CCCO1. The number of aliphatic hydroxyl groups is 1. The summed E-state index contributed by atoms with van der Waals surface area (Å²) in [5.74, 6) is 0. The first kappa shape index (κ1) is 18.9. The van der Waals surface area contributed by atoms with Crippen molar-refractivity contribution in [2.75, 3.05) is 32.8 Å². The van der Waals surface area contributed by atoms with Gasteiger partial charge in [-0.1, -0.05) is 27.2 Å². The zero-order valence-electron chi connectivity index (χ0n) is 14.5. The molecule has 4 heteroatoms. The van der Waals surface area contributed by atoms with Crippen molar-refractivity contribution in [3.05, 3.63) is 0 Å². The fourth-order valence-corrected chi connectivity index (χ4v) is 3.20. The average Bonchev–Trinajstić information content (AvgIpc) is 2.94. The van der Waals surface area contributed by atoms with Crippen LogP contribution in [0.1, 0.15) is 59.8 Å². The summed E-state index contributed by atoms with van der Waals surface area (Å²) in [7, 11) is 0. The number of ether oxygens (including phenoxy) is 1. The van der Waals surface area contributed by atoms with Gasteiger partial charge >= 0.3 is 0 Å². The summed E-state index contributed by atoms with van der Waals surface area (Å²) in [4.78, 5) is 2.50. The van der Waals surface area contributed by atoms with Crippen molar-refractivity contribution in [3.63, 3.8) is 0 Å². The number of aliphatic hydroxyl groups excluding tert-OH is 1. The smallest absolute Gasteiger partial charge is 0.0702 e. The van der Waals surface area contributed by atoms with E-state index in [1.807, 2.05) is 0 Å². The fourth-order valence-electron chi connectivity index (χ4n) is 3.20. The van der Waals surface area contributed by atoms with E-state index in [-0.39, 0.29) is 12.1 Å². The molecular weight excluding hydrogens is 264 g/mol. The lowest BCUT2D eigenvalue weighted by Gasteiger charge is -2.31. The Bertz CT molecular complexity index is 268. The van der Waals surface area contributed by atoms with Crippen LogP contribution in [-0.2, 0) is 4.74 Å². The van der Waals surface area contributed by atoms with Crippen molar-refractivity contribution < 1.29 is 9.84 Å². The second kappa shape index (κ2) is 9.78. The van der Waals surface area contributed by atoms with Crippen LogP contribution in [0.2, 0.25) is 0 Å². The van der Waals surface area contributed by atoms with Gasteiger partial charge in [0, 0.05) is 24.7 Å². The first-order chi connectivity index (χ1) is 9.99. The molecule has 0 aliphatic carbocycles. The molecule has 2 unspecified atom stereocenters. The maximum atomic E-state index is 9.59. The third-order valence-corrected chi connectivity index (χ3v) is 4.37. The largest absolute Gasteiger partial charge is 0.394 e. The molecule has 0 aromatic heterocycles. The van der Waals surface area contributed by atoms with Gasteiger partial charge in [0.1, 0.15) is 0 Å². The molecule has 0 saturated carbocycles. The lowest BCUT2D eigenvalue weighted by Crippen LogP contribution is -2.49. The highest BCUT2D eigenvalue weighted by Crippen LogP contribution is 2.16.